The lowest BCUT2D eigenvalue weighted by Crippen LogP contribution is -2.03. The SMILES string of the molecule is O=C1Cc2cc3[nH]c(-c4n[nH]c5c4CCCC5)nc3cc2N1. The van der Waals surface area contributed by atoms with Crippen molar-refractivity contribution in [2.24, 2.45) is 0 Å². The molecule has 0 radical (unpaired) electrons. The van der Waals surface area contributed by atoms with E-state index in [9.17, 15) is 4.79 Å². The number of amides is 1. The van der Waals surface area contributed by atoms with Crippen LogP contribution in [0.5, 0.6) is 0 Å². The van der Waals surface area contributed by atoms with Gasteiger partial charge in [-0.15, -0.1) is 0 Å². The summed E-state index contributed by atoms with van der Waals surface area (Å²) >= 11 is 0. The summed E-state index contributed by atoms with van der Waals surface area (Å²) in [5.74, 6) is 0.855. The van der Waals surface area contributed by atoms with Gasteiger partial charge in [0.05, 0.1) is 17.5 Å². The Morgan fingerprint density at radius 3 is 3.00 bits per heavy atom. The third-order valence-electron chi connectivity index (χ3n) is 4.61. The van der Waals surface area contributed by atoms with Gasteiger partial charge in [-0.1, -0.05) is 0 Å². The van der Waals surface area contributed by atoms with Crippen LogP contribution in [0, 0.1) is 0 Å². The van der Waals surface area contributed by atoms with Gasteiger partial charge in [0.2, 0.25) is 5.91 Å². The lowest BCUT2D eigenvalue weighted by Gasteiger charge is -2.09. The number of hydrogen-bond donors (Lipinski definition) is 3. The topological polar surface area (TPSA) is 86.5 Å². The van der Waals surface area contributed by atoms with Crippen molar-refractivity contribution >= 4 is 22.6 Å². The Labute approximate surface area is 126 Å². The molecule has 2 aromatic heterocycles. The average Bonchev–Trinajstić information content (AvgIpc) is 3.18. The minimum atomic E-state index is 0.0456. The van der Waals surface area contributed by atoms with Gasteiger partial charge in [-0.25, -0.2) is 4.98 Å². The number of imidazole rings is 1. The van der Waals surface area contributed by atoms with Gasteiger partial charge in [0.15, 0.2) is 5.82 Å². The summed E-state index contributed by atoms with van der Waals surface area (Å²) < 4.78 is 0. The van der Waals surface area contributed by atoms with E-state index in [1.54, 1.807) is 0 Å². The maximum atomic E-state index is 11.5. The molecule has 0 fully saturated rings. The first-order chi connectivity index (χ1) is 10.8. The highest BCUT2D eigenvalue weighted by Gasteiger charge is 2.22. The van der Waals surface area contributed by atoms with E-state index in [1.165, 1.54) is 24.1 Å². The fourth-order valence-electron chi connectivity index (χ4n) is 3.52. The van der Waals surface area contributed by atoms with E-state index in [0.717, 1.165) is 46.6 Å². The molecule has 22 heavy (non-hydrogen) atoms. The molecule has 1 amide bonds. The highest BCUT2D eigenvalue weighted by molar-refractivity contribution is 6.02. The van der Waals surface area contributed by atoms with Crippen LogP contribution in [0.4, 0.5) is 5.69 Å². The zero-order chi connectivity index (χ0) is 14.7. The van der Waals surface area contributed by atoms with Crippen LogP contribution in [-0.4, -0.2) is 26.1 Å². The second-order valence-corrected chi connectivity index (χ2v) is 6.07. The Kier molecular flexibility index (Phi) is 2.28. The van der Waals surface area contributed by atoms with Crippen molar-refractivity contribution in [3.05, 3.63) is 29.0 Å². The number of nitrogens with zero attached hydrogens (tertiary/aromatic N) is 2. The molecule has 110 valence electrons. The molecule has 6 nitrogen and oxygen atoms in total. The fourth-order valence-corrected chi connectivity index (χ4v) is 3.52. The first-order valence-electron chi connectivity index (χ1n) is 7.67. The van der Waals surface area contributed by atoms with Gasteiger partial charge in [-0.05, 0) is 43.4 Å². The fraction of sp³-hybridized carbons (Fsp3) is 0.312. The number of aryl methyl sites for hydroxylation is 1. The van der Waals surface area contributed by atoms with Crippen LogP contribution >= 0.6 is 0 Å². The summed E-state index contributed by atoms with van der Waals surface area (Å²) in [6.45, 7) is 0. The smallest absolute Gasteiger partial charge is 0.228 e. The molecule has 5 rings (SSSR count). The monoisotopic (exact) mass is 293 g/mol. The van der Waals surface area contributed by atoms with Crippen molar-refractivity contribution in [1.82, 2.24) is 20.2 Å². The Hall–Kier alpha value is -2.63. The molecule has 0 saturated heterocycles. The minimum Gasteiger partial charge on any atom is -0.337 e. The summed E-state index contributed by atoms with van der Waals surface area (Å²) in [7, 11) is 0. The Morgan fingerprint density at radius 1 is 1.14 bits per heavy atom. The molecule has 1 aliphatic carbocycles. The van der Waals surface area contributed by atoms with E-state index < -0.39 is 0 Å². The van der Waals surface area contributed by atoms with E-state index in [2.05, 4.69) is 25.5 Å². The first-order valence-corrected chi connectivity index (χ1v) is 7.67. The van der Waals surface area contributed by atoms with Crippen molar-refractivity contribution in [2.45, 2.75) is 32.1 Å². The molecule has 1 aromatic carbocycles. The standard InChI is InChI=1S/C16H15N5O/c22-14-6-8-5-12-13(7-11(8)17-14)19-16(18-12)15-9-3-1-2-4-10(9)20-21-15/h5,7H,1-4,6H2,(H,17,22)(H,18,19)(H,20,21). The lowest BCUT2D eigenvalue weighted by atomic mass is 9.96. The van der Waals surface area contributed by atoms with E-state index in [-0.39, 0.29) is 5.91 Å². The third-order valence-corrected chi connectivity index (χ3v) is 4.61. The number of carbonyl (C=O) groups excluding carboxylic acids is 1. The molecule has 3 N–H and O–H groups in total. The Morgan fingerprint density at radius 2 is 2.05 bits per heavy atom. The third kappa shape index (κ3) is 1.63. The molecular formula is C16H15N5O. The summed E-state index contributed by atoms with van der Waals surface area (Å²) in [5.41, 5.74) is 7.20. The number of hydrogen-bond acceptors (Lipinski definition) is 3. The molecule has 0 bridgehead atoms. The van der Waals surface area contributed by atoms with Crippen molar-refractivity contribution in [1.29, 1.82) is 0 Å². The molecule has 2 aliphatic rings. The second kappa shape index (κ2) is 4.19. The molecule has 3 heterocycles. The van der Waals surface area contributed by atoms with Crippen LogP contribution in [-0.2, 0) is 24.1 Å². The van der Waals surface area contributed by atoms with Crippen LogP contribution in [0.2, 0.25) is 0 Å². The highest BCUT2D eigenvalue weighted by Crippen LogP contribution is 2.32. The number of nitrogens with one attached hydrogen (secondary N) is 3. The van der Waals surface area contributed by atoms with E-state index in [1.807, 2.05) is 12.1 Å². The van der Waals surface area contributed by atoms with Gasteiger partial charge in [0.25, 0.3) is 0 Å². The number of H-pyrrole nitrogens is 2. The van der Waals surface area contributed by atoms with Crippen LogP contribution in [0.3, 0.4) is 0 Å². The van der Waals surface area contributed by atoms with Crippen LogP contribution in [0.15, 0.2) is 12.1 Å². The lowest BCUT2D eigenvalue weighted by molar-refractivity contribution is -0.115. The number of fused-ring (bicyclic) bond motifs is 3. The summed E-state index contributed by atoms with van der Waals surface area (Å²) in [6, 6.07) is 3.95. The van der Waals surface area contributed by atoms with E-state index >= 15 is 0 Å². The zero-order valence-corrected chi connectivity index (χ0v) is 12.0. The zero-order valence-electron chi connectivity index (χ0n) is 12.0. The summed E-state index contributed by atoms with van der Waals surface area (Å²) in [5, 5.41) is 10.5. The molecule has 0 spiro atoms. The first kappa shape index (κ1) is 12.0. The maximum Gasteiger partial charge on any atom is 0.228 e. The van der Waals surface area contributed by atoms with Gasteiger partial charge in [-0.3, -0.25) is 9.89 Å². The van der Waals surface area contributed by atoms with E-state index in [0.29, 0.717) is 6.42 Å². The van der Waals surface area contributed by atoms with Crippen LogP contribution in [0.25, 0.3) is 22.6 Å². The number of aromatic amines is 2. The van der Waals surface area contributed by atoms with Crippen molar-refractivity contribution in [3.63, 3.8) is 0 Å². The molecule has 6 heteroatoms. The predicted octanol–water partition coefficient (Wildman–Crippen LogP) is 2.33. The normalized spacial score (nSPS) is 16.6. The van der Waals surface area contributed by atoms with Gasteiger partial charge >= 0.3 is 0 Å². The largest absolute Gasteiger partial charge is 0.337 e. The van der Waals surface area contributed by atoms with Crippen molar-refractivity contribution < 1.29 is 4.79 Å². The van der Waals surface area contributed by atoms with Crippen LogP contribution in [0.1, 0.15) is 29.7 Å². The number of rotatable bonds is 1. The summed E-state index contributed by atoms with van der Waals surface area (Å²) in [6.07, 6.45) is 5.01. The highest BCUT2D eigenvalue weighted by atomic mass is 16.1. The molecule has 0 atom stereocenters. The van der Waals surface area contributed by atoms with Crippen LogP contribution < -0.4 is 5.32 Å². The number of anilines is 1. The van der Waals surface area contributed by atoms with Gasteiger partial charge in [-0.2, -0.15) is 5.10 Å². The van der Waals surface area contributed by atoms with Gasteiger partial charge < -0.3 is 10.3 Å². The van der Waals surface area contributed by atoms with Gasteiger partial charge in [0.1, 0.15) is 5.69 Å². The quantitative estimate of drug-likeness (QED) is 0.643. The van der Waals surface area contributed by atoms with Gasteiger partial charge in [0, 0.05) is 16.9 Å². The predicted molar refractivity (Wildman–Crippen MR) is 82.7 cm³/mol. The van der Waals surface area contributed by atoms with Crippen molar-refractivity contribution in [3.8, 4) is 11.5 Å². The maximum absolute atomic E-state index is 11.5. The molecular weight excluding hydrogens is 278 g/mol. The molecule has 0 saturated carbocycles. The number of benzene rings is 1. The minimum absolute atomic E-state index is 0.0456. The molecule has 3 aromatic rings. The van der Waals surface area contributed by atoms with E-state index in [4.69, 9.17) is 0 Å². The Balaban J connectivity index is 1.64. The average molecular weight is 293 g/mol. The van der Waals surface area contributed by atoms with Crippen molar-refractivity contribution in [2.75, 3.05) is 5.32 Å². The molecule has 1 aliphatic heterocycles. The molecule has 0 unspecified atom stereocenters. The Bertz CT molecular complexity index is 875. The summed E-state index contributed by atoms with van der Waals surface area (Å²) in [4.78, 5) is 19.5. The number of aromatic nitrogens is 4. The number of carbonyl (C=O) groups is 1. The second-order valence-electron chi connectivity index (χ2n) is 6.07.